The second-order valence-electron chi connectivity index (χ2n) is 3.30. The molecule has 1 aromatic carbocycles. The summed E-state index contributed by atoms with van der Waals surface area (Å²) in [5.41, 5.74) is 10.2. The van der Waals surface area contributed by atoms with Crippen molar-refractivity contribution in [2.45, 2.75) is 13.5 Å². The highest BCUT2D eigenvalue weighted by Gasteiger charge is 2.11. The Kier molecular flexibility index (Phi) is 2.10. The molecule has 3 N–H and O–H groups in total. The van der Waals surface area contributed by atoms with E-state index in [2.05, 4.69) is 12.2 Å². The van der Waals surface area contributed by atoms with Crippen LogP contribution in [0.5, 0.6) is 0 Å². The van der Waals surface area contributed by atoms with Gasteiger partial charge in [-0.3, -0.25) is 0 Å². The maximum Gasteiger partial charge on any atom is 0.0741 e. The molecule has 1 heterocycles. The largest absolute Gasteiger partial charge is 0.397 e. The van der Waals surface area contributed by atoms with Crippen molar-refractivity contribution in [1.29, 1.82) is 0 Å². The van der Waals surface area contributed by atoms with E-state index in [0.29, 0.717) is 6.61 Å². The molecule has 0 unspecified atom stereocenters. The number of benzene rings is 1. The molecule has 70 valence electrons. The highest BCUT2D eigenvalue weighted by molar-refractivity contribution is 5.72. The summed E-state index contributed by atoms with van der Waals surface area (Å²) in [6.07, 6.45) is 0. The first-order chi connectivity index (χ1) is 6.29. The molecule has 0 aliphatic carbocycles. The van der Waals surface area contributed by atoms with Gasteiger partial charge < -0.3 is 15.8 Å². The Morgan fingerprint density at radius 2 is 2.31 bits per heavy atom. The minimum atomic E-state index is 0.666. The van der Waals surface area contributed by atoms with Crippen LogP contribution in [0.2, 0.25) is 0 Å². The molecule has 3 heteroatoms. The van der Waals surface area contributed by atoms with Crippen molar-refractivity contribution < 1.29 is 4.74 Å². The molecule has 0 radical (unpaired) electrons. The number of ether oxygens (including phenoxy) is 1. The van der Waals surface area contributed by atoms with Crippen molar-refractivity contribution in [2.75, 3.05) is 24.2 Å². The van der Waals surface area contributed by atoms with Crippen LogP contribution in [-0.2, 0) is 11.3 Å². The molecule has 0 saturated carbocycles. The first-order valence-corrected chi connectivity index (χ1v) is 4.48. The van der Waals surface area contributed by atoms with E-state index in [9.17, 15) is 0 Å². The summed E-state index contributed by atoms with van der Waals surface area (Å²) in [7, 11) is 0. The lowest BCUT2D eigenvalue weighted by Crippen LogP contribution is -2.06. The van der Waals surface area contributed by atoms with Crippen molar-refractivity contribution in [3.8, 4) is 0 Å². The van der Waals surface area contributed by atoms with Gasteiger partial charge in [0.1, 0.15) is 0 Å². The van der Waals surface area contributed by atoms with Crippen molar-refractivity contribution in [1.82, 2.24) is 0 Å². The zero-order chi connectivity index (χ0) is 9.26. The van der Waals surface area contributed by atoms with Crippen LogP contribution < -0.4 is 11.1 Å². The van der Waals surface area contributed by atoms with Crippen molar-refractivity contribution in [2.24, 2.45) is 0 Å². The van der Waals surface area contributed by atoms with Gasteiger partial charge in [-0.1, -0.05) is 6.07 Å². The third kappa shape index (κ3) is 1.47. The van der Waals surface area contributed by atoms with Gasteiger partial charge in [0.05, 0.1) is 24.6 Å². The van der Waals surface area contributed by atoms with Gasteiger partial charge in [-0.25, -0.2) is 0 Å². The van der Waals surface area contributed by atoms with E-state index in [1.807, 2.05) is 12.1 Å². The number of nitrogen functional groups attached to an aromatic ring is 1. The molecule has 1 aliphatic heterocycles. The zero-order valence-corrected chi connectivity index (χ0v) is 7.76. The van der Waals surface area contributed by atoms with Crippen molar-refractivity contribution >= 4 is 11.4 Å². The van der Waals surface area contributed by atoms with Gasteiger partial charge in [0, 0.05) is 12.1 Å². The average Bonchev–Trinajstić information content (AvgIpc) is 2.37. The number of nitrogens with one attached hydrogen (secondary N) is 1. The molecule has 3 nitrogen and oxygen atoms in total. The fourth-order valence-electron chi connectivity index (χ4n) is 1.59. The molecule has 1 aliphatic rings. The summed E-state index contributed by atoms with van der Waals surface area (Å²) in [4.78, 5) is 0. The number of hydrogen-bond acceptors (Lipinski definition) is 3. The first kappa shape index (κ1) is 8.38. The van der Waals surface area contributed by atoms with Crippen LogP contribution in [0.1, 0.15) is 11.1 Å². The number of nitrogens with two attached hydrogens (primary N) is 1. The van der Waals surface area contributed by atoms with Crippen LogP contribution in [0.15, 0.2) is 12.1 Å². The Labute approximate surface area is 77.9 Å². The molecule has 2 rings (SSSR count). The quantitative estimate of drug-likeness (QED) is 0.592. The summed E-state index contributed by atoms with van der Waals surface area (Å²) in [5, 5.41) is 3.28. The minimum absolute atomic E-state index is 0.666. The van der Waals surface area contributed by atoms with E-state index in [1.165, 1.54) is 11.1 Å². The van der Waals surface area contributed by atoms with Crippen LogP contribution in [0.25, 0.3) is 0 Å². The van der Waals surface area contributed by atoms with Gasteiger partial charge >= 0.3 is 0 Å². The highest BCUT2D eigenvalue weighted by Crippen LogP contribution is 2.28. The van der Waals surface area contributed by atoms with Crippen molar-refractivity contribution in [3.63, 3.8) is 0 Å². The number of aryl methyl sites for hydroxylation is 1. The lowest BCUT2D eigenvalue weighted by molar-refractivity contribution is 0.134. The fourth-order valence-corrected chi connectivity index (χ4v) is 1.59. The molecular formula is C10H14N2O. The van der Waals surface area contributed by atoms with Gasteiger partial charge in [0.15, 0.2) is 0 Å². The Hall–Kier alpha value is -1.22. The van der Waals surface area contributed by atoms with Crippen LogP contribution in [-0.4, -0.2) is 13.2 Å². The molecule has 0 bridgehead atoms. The van der Waals surface area contributed by atoms with Crippen LogP contribution >= 0.6 is 0 Å². The Balaban J connectivity index is 2.50. The molecule has 0 spiro atoms. The standard InChI is InChI=1S/C10H14N2O/c1-7-2-3-9(11)10-8(7)6-13-5-4-12-10/h2-3,12H,4-6,11H2,1H3. The summed E-state index contributed by atoms with van der Waals surface area (Å²) >= 11 is 0. The van der Waals surface area contributed by atoms with E-state index >= 15 is 0 Å². The molecule has 0 aromatic heterocycles. The van der Waals surface area contributed by atoms with Crippen LogP contribution in [0.4, 0.5) is 11.4 Å². The molecule has 0 fully saturated rings. The predicted molar refractivity (Wildman–Crippen MR) is 53.7 cm³/mol. The number of anilines is 2. The van der Waals surface area contributed by atoms with E-state index in [1.54, 1.807) is 0 Å². The maximum atomic E-state index is 5.86. The SMILES string of the molecule is Cc1ccc(N)c2c1COCCN2. The minimum Gasteiger partial charge on any atom is -0.397 e. The predicted octanol–water partition coefficient (Wildman–Crippen LogP) is 1.52. The summed E-state index contributed by atoms with van der Waals surface area (Å²) in [5.74, 6) is 0. The monoisotopic (exact) mass is 178 g/mol. The Bertz CT molecular complexity index is 292. The molecule has 0 amide bonds. The number of rotatable bonds is 0. The number of fused-ring (bicyclic) bond motifs is 1. The van der Waals surface area contributed by atoms with E-state index < -0.39 is 0 Å². The number of hydrogen-bond donors (Lipinski definition) is 2. The summed E-state index contributed by atoms with van der Waals surface area (Å²) in [6, 6.07) is 3.97. The van der Waals surface area contributed by atoms with Gasteiger partial charge in [0.2, 0.25) is 0 Å². The topological polar surface area (TPSA) is 47.3 Å². The average molecular weight is 178 g/mol. The van der Waals surface area contributed by atoms with Gasteiger partial charge in [-0.15, -0.1) is 0 Å². The Morgan fingerprint density at radius 1 is 1.46 bits per heavy atom. The third-order valence-corrected chi connectivity index (χ3v) is 2.37. The Morgan fingerprint density at radius 3 is 3.15 bits per heavy atom. The molecule has 0 saturated heterocycles. The summed E-state index contributed by atoms with van der Waals surface area (Å²) < 4.78 is 5.44. The first-order valence-electron chi connectivity index (χ1n) is 4.48. The third-order valence-electron chi connectivity index (χ3n) is 2.37. The van der Waals surface area contributed by atoms with Crippen LogP contribution in [0.3, 0.4) is 0 Å². The molecular weight excluding hydrogens is 164 g/mol. The van der Waals surface area contributed by atoms with E-state index in [4.69, 9.17) is 10.5 Å². The van der Waals surface area contributed by atoms with Gasteiger partial charge in [-0.2, -0.15) is 0 Å². The molecule has 0 atom stereocenters. The molecule has 13 heavy (non-hydrogen) atoms. The smallest absolute Gasteiger partial charge is 0.0741 e. The second-order valence-corrected chi connectivity index (χ2v) is 3.30. The fraction of sp³-hybridized carbons (Fsp3) is 0.400. The molecule has 1 aromatic rings. The van der Waals surface area contributed by atoms with E-state index in [-0.39, 0.29) is 0 Å². The second kappa shape index (κ2) is 3.26. The lowest BCUT2D eigenvalue weighted by Gasteiger charge is -2.12. The van der Waals surface area contributed by atoms with Crippen molar-refractivity contribution in [3.05, 3.63) is 23.3 Å². The normalized spacial score (nSPS) is 15.8. The zero-order valence-electron chi connectivity index (χ0n) is 7.76. The van der Waals surface area contributed by atoms with E-state index in [0.717, 1.165) is 24.5 Å². The van der Waals surface area contributed by atoms with Crippen LogP contribution in [0, 0.1) is 6.92 Å². The summed E-state index contributed by atoms with van der Waals surface area (Å²) in [6.45, 7) is 4.32. The lowest BCUT2D eigenvalue weighted by atomic mass is 10.1. The van der Waals surface area contributed by atoms with Gasteiger partial charge in [0.25, 0.3) is 0 Å². The maximum absolute atomic E-state index is 5.86. The van der Waals surface area contributed by atoms with Gasteiger partial charge in [-0.05, 0) is 18.6 Å². The highest BCUT2D eigenvalue weighted by atomic mass is 16.5.